The molecule has 2 heterocycles. The molecule has 1 nitrogen and oxygen atoms in total. The van der Waals surface area contributed by atoms with Crippen LogP contribution in [0.4, 0.5) is 0 Å². The maximum atomic E-state index is 6.15. The van der Waals surface area contributed by atoms with Gasteiger partial charge in [0.1, 0.15) is 10.0 Å². The highest BCUT2D eigenvalue weighted by molar-refractivity contribution is 6.59. The highest BCUT2D eigenvalue weighted by Crippen LogP contribution is 2.62. The lowest BCUT2D eigenvalue weighted by Gasteiger charge is -2.27. The van der Waals surface area contributed by atoms with E-state index < -0.39 is 9.33 Å². The Morgan fingerprint density at radius 2 is 1.75 bits per heavy atom. The third kappa shape index (κ3) is 0.847. The second kappa shape index (κ2) is 2.52. The smallest absolute Gasteiger partial charge is 0.215 e. The predicted molar refractivity (Wildman–Crippen MR) is 53.1 cm³/mol. The summed E-state index contributed by atoms with van der Waals surface area (Å²) in [6.07, 6.45) is 0.622. The molecule has 6 heteroatoms. The van der Waals surface area contributed by atoms with Gasteiger partial charge in [-0.1, -0.05) is 46.4 Å². The first-order valence-corrected chi connectivity index (χ1v) is 5.20. The van der Waals surface area contributed by atoms with E-state index >= 15 is 0 Å². The molecule has 12 heavy (non-hydrogen) atoms. The third-order valence-electron chi connectivity index (χ3n) is 2.26. The Morgan fingerprint density at radius 3 is 2.00 bits per heavy atom. The van der Waals surface area contributed by atoms with Gasteiger partial charge in [-0.25, -0.2) is 0 Å². The first-order valence-electron chi connectivity index (χ1n) is 3.31. The fraction of sp³-hybridized carbons (Fsp3) is 0.667. The number of halogens is 5. The molecule has 0 N–H and O–H groups in total. The van der Waals surface area contributed by atoms with E-state index in [0.29, 0.717) is 23.2 Å². The predicted octanol–water partition coefficient (Wildman–Crippen LogP) is 3.46. The van der Waals surface area contributed by atoms with Gasteiger partial charge in [-0.15, -0.1) is 11.6 Å². The van der Waals surface area contributed by atoms with E-state index in [4.69, 9.17) is 58.0 Å². The van der Waals surface area contributed by atoms with Gasteiger partial charge in [0.05, 0.1) is 5.03 Å². The van der Waals surface area contributed by atoms with Crippen molar-refractivity contribution in [2.24, 2.45) is 0 Å². The van der Waals surface area contributed by atoms with Gasteiger partial charge >= 0.3 is 0 Å². The molecular weight excluding hydrogens is 263 g/mol. The number of hydrogen-bond donors (Lipinski definition) is 0. The van der Waals surface area contributed by atoms with Crippen LogP contribution < -0.4 is 0 Å². The van der Waals surface area contributed by atoms with Crippen molar-refractivity contribution in [2.75, 3.05) is 6.54 Å². The van der Waals surface area contributed by atoms with Gasteiger partial charge in [-0.3, -0.25) is 0 Å². The lowest BCUT2D eigenvalue weighted by molar-refractivity contribution is 0.397. The molecule has 0 aromatic carbocycles. The molecule has 1 unspecified atom stereocenters. The Labute approximate surface area is 95.1 Å². The van der Waals surface area contributed by atoms with Crippen molar-refractivity contribution in [3.63, 3.8) is 0 Å². The highest BCUT2D eigenvalue weighted by atomic mass is 35.5. The summed E-state index contributed by atoms with van der Waals surface area (Å²) in [6.45, 7) is 0.644. The average Bonchev–Trinajstić information content (AvgIpc) is 2.26. The van der Waals surface area contributed by atoms with Crippen LogP contribution in [-0.2, 0) is 0 Å². The van der Waals surface area contributed by atoms with E-state index in [1.54, 1.807) is 4.90 Å². The van der Waals surface area contributed by atoms with Crippen LogP contribution in [0.3, 0.4) is 0 Å². The first kappa shape index (κ1) is 9.54. The number of fused-ring (bicyclic) bond motifs is 2. The minimum absolute atomic E-state index is 0.349. The van der Waals surface area contributed by atoms with Crippen LogP contribution in [0.1, 0.15) is 6.42 Å². The van der Waals surface area contributed by atoms with Gasteiger partial charge in [0.2, 0.25) is 4.46 Å². The molecule has 0 aromatic heterocycles. The molecule has 0 saturated carbocycles. The number of nitrogens with zero attached hydrogens (tertiary/aromatic N) is 1. The maximum absolute atomic E-state index is 6.15. The van der Waals surface area contributed by atoms with Crippen LogP contribution in [0.5, 0.6) is 0 Å². The van der Waals surface area contributed by atoms with E-state index in [-0.39, 0.29) is 0 Å². The zero-order valence-electron chi connectivity index (χ0n) is 5.75. The summed E-state index contributed by atoms with van der Waals surface area (Å²) in [4.78, 5) is 0.682. The summed E-state index contributed by atoms with van der Waals surface area (Å²) in [6, 6.07) is 0. The SMILES string of the molecule is ClC1=C(Cl)C2(Cl)CCN1C2(Cl)Cl. The summed E-state index contributed by atoms with van der Waals surface area (Å²) in [7, 11) is 0. The van der Waals surface area contributed by atoms with Crippen molar-refractivity contribution in [1.82, 2.24) is 4.90 Å². The Morgan fingerprint density at radius 1 is 1.17 bits per heavy atom. The van der Waals surface area contributed by atoms with Gasteiger partial charge in [-0.2, -0.15) is 0 Å². The average molecular weight is 267 g/mol. The van der Waals surface area contributed by atoms with E-state index in [0.717, 1.165) is 0 Å². The largest absolute Gasteiger partial charge is 0.328 e. The van der Waals surface area contributed by atoms with Crippen molar-refractivity contribution in [3.8, 4) is 0 Å². The Bertz CT molecular complexity index is 273. The van der Waals surface area contributed by atoms with Crippen molar-refractivity contribution < 1.29 is 0 Å². The van der Waals surface area contributed by atoms with E-state index in [1.807, 2.05) is 0 Å². The molecule has 2 aliphatic rings. The molecule has 0 radical (unpaired) electrons. The fourth-order valence-corrected chi connectivity index (χ4v) is 3.45. The zero-order chi connectivity index (χ0) is 9.15. The van der Waals surface area contributed by atoms with Gasteiger partial charge in [-0.05, 0) is 6.42 Å². The van der Waals surface area contributed by atoms with E-state index in [9.17, 15) is 0 Å². The molecule has 0 aromatic rings. The Kier molecular flexibility index (Phi) is 2.00. The van der Waals surface area contributed by atoms with Crippen LogP contribution in [-0.4, -0.2) is 20.8 Å². The van der Waals surface area contributed by atoms with Crippen molar-refractivity contribution >= 4 is 58.0 Å². The quantitative estimate of drug-likeness (QED) is 0.480. The summed E-state index contributed by atoms with van der Waals surface area (Å²) in [5.41, 5.74) is 0. The van der Waals surface area contributed by atoms with Crippen molar-refractivity contribution in [2.45, 2.75) is 15.8 Å². The van der Waals surface area contributed by atoms with Crippen LogP contribution in [0.15, 0.2) is 10.2 Å². The van der Waals surface area contributed by atoms with Crippen LogP contribution in [0.25, 0.3) is 0 Å². The fourth-order valence-electron chi connectivity index (χ4n) is 1.52. The summed E-state index contributed by atoms with van der Waals surface area (Å²) in [5.74, 6) is 0. The minimum atomic E-state index is -1.19. The summed E-state index contributed by atoms with van der Waals surface area (Å²) in [5, 5.41) is 0.713. The van der Waals surface area contributed by atoms with E-state index in [1.165, 1.54) is 0 Å². The molecule has 2 aliphatic heterocycles. The normalized spacial score (nSPS) is 38.2. The minimum Gasteiger partial charge on any atom is -0.328 e. The van der Waals surface area contributed by atoms with Gasteiger partial charge in [0.15, 0.2) is 0 Å². The van der Waals surface area contributed by atoms with Crippen LogP contribution in [0.2, 0.25) is 0 Å². The maximum Gasteiger partial charge on any atom is 0.215 e. The lowest BCUT2D eigenvalue weighted by Crippen LogP contribution is -2.38. The summed E-state index contributed by atoms with van der Waals surface area (Å²) < 4.78 is -1.19. The monoisotopic (exact) mass is 265 g/mol. The highest BCUT2D eigenvalue weighted by Gasteiger charge is 2.65. The second-order valence-corrected chi connectivity index (χ2v) is 5.52. The molecule has 0 spiro atoms. The molecule has 1 fully saturated rings. The lowest BCUT2D eigenvalue weighted by atomic mass is 10.1. The molecule has 1 saturated heterocycles. The first-order chi connectivity index (χ1) is 5.41. The van der Waals surface area contributed by atoms with E-state index in [2.05, 4.69) is 0 Å². The second-order valence-electron chi connectivity index (χ2n) is 2.85. The van der Waals surface area contributed by atoms with Gasteiger partial charge in [0, 0.05) is 6.54 Å². The summed E-state index contributed by atoms with van der Waals surface area (Å²) >= 11 is 29.9. The Balaban J connectivity index is 2.56. The van der Waals surface area contributed by atoms with Crippen LogP contribution in [0, 0.1) is 0 Å². The number of alkyl halides is 3. The molecule has 2 bridgehead atoms. The molecule has 0 aliphatic carbocycles. The molecule has 1 atom stereocenters. The van der Waals surface area contributed by atoms with Crippen molar-refractivity contribution in [3.05, 3.63) is 10.2 Å². The van der Waals surface area contributed by atoms with Crippen LogP contribution >= 0.6 is 58.0 Å². The zero-order valence-corrected chi connectivity index (χ0v) is 9.53. The molecular formula is C6H4Cl5N. The van der Waals surface area contributed by atoms with Crippen molar-refractivity contribution in [1.29, 1.82) is 0 Å². The molecule has 68 valence electrons. The van der Waals surface area contributed by atoms with Gasteiger partial charge in [0.25, 0.3) is 0 Å². The standard InChI is InChI=1S/C6H4Cl5N/c7-3-4(8)12-2-1-5(3,9)6(12,10)11/h1-2H2. The molecule has 2 rings (SSSR count). The molecule has 0 amide bonds. The number of rotatable bonds is 0. The Hall–Kier alpha value is 0.990. The topological polar surface area (TPSA) is 3.24 Å². The third-order valence-corrected chi connectivity index (χ3v) is 5.25. The van der Waals surface area contributed by atoms with Gasteiger partial charge < -0.3 is 4.90 Å². The number of hydrogen-bond acceptors (Lipinski definition) is 1.